The monoisotopic (exact) mass is 357 g/mol. The molecule has 9 heteroatoms. The minimum Gasteiger partial charge on any atom is -0.381 e. The van der Waals surface area contributed by atoms with Gasteiger partial charge in [0, 0.05) is 38.2 Å². The van der Waals surface area contributed by atoms with E-state index in [2.05, 4.69) is 10.3 Å². The zero-order valence-corrected chi connectivity index (χ0v) is 13.4. The number of likely N-dealkylation sites (tertiary alicyclic amines) is 1. The quantitative estimate of drug-likeness (QED) is 0.892. The Hall–Kier alpha value is -2.16. The second kappa shape index (κ2) is 6.99. The molecule has 1 atom stereocenters. The number of alkyl halides is 3. The maximum Gasteiger partial charge on any atom is 0.417 e. The first-order chi connectivity index (χ1) is 11.9. The van der Waals surface area contributed by atoms with Gasteiger partial charge in [-0.2, -0.15) is 13.2 Å². The Kier molecular flexibility index (Phi) is 4.94. The minimum atomic E-state index is -4.58. The van der Waals surface area contributed by atoms with Crippen molar-refractivity contribution < 1.29 is 27.5 Å². The van der Waals surface area contributed by atoms with Gasteiger partial charge in [0.25, 0.3) is 5.91 Å². The van der Waals surface area contributed by atoms with Gasteiger partial charge in [-0.05, 0) is 25.3 Å². The smallest absolute Gasteiger partial charge is 0.381 e. The average Bonchev–Trinajstić information content (AvgIpc) is 2.96. The topological polar surface area (TPSA) is 71.5 Å². The molecule has 25 heavy (non-hydrogen) atoms. The predicted molar refractivity (Wildman–Crippen MR) is 80.7 cm³/mol. The summed E-state index contributed by atoms with van der Waals surface area (Å²) in [5, 5.41) is 2.52. The SMILES string of the molecule is O=C(NC1CCN(C2CCOCC2)C1=O)c1cncc(C(F)(F)F)c1. The Morgan fingerprint density at radius 3 is 2.64 bits per heavy atom. The highest BCUT2D eigenvalue weighted by atomic mass is 19.4. The van der Waals surface area contributed by atoms with Gasteiger partial charge in [-0.15, -0.1) is 0 Å². The van der Waals surface area contributed by atoms with Crippen LogP contribution < -0.4 is 5.32 Å². The average molecular weight is 357 g/mol. The summed E-state index contributed by atoms with van der Waals surface area (Å²) >= 11 is 0. The predicted octanol–water partition coefficient (Wildman–Crippen LogP) is 1.61. The minimum absolute atomic E-state index is 0.0957. The number of amides is 2. The first kappa shape index (κ1) is 17.7. The van der Waals surface area contributed by atoms with Crippen molar-refractivity contribution in [3.05, 3.63) is 29.6 Å². The Bertz CT molecular complexity index is 660. The van der Waals surface area contributed by atoms with Crippen molar-refractivity contribution in [3.8, 4) is 0 Å². The summed E-state index contributed by atoms with van der Waals surface area (Å²) < 4.78 is 43.4. The van der Waals surface area contributed by atoms with E-state index in [0.717, 1.165) is 25.1 Å². The molecule has 3 heterocycles. The van der Waals surface area contributed by atoms with Gasteiger partial charge in [0.2, 0.25) is 5.91 Å². The van der Waals surface area contributed by atoms with Crippen LogP contribution in [0.15, 0.2) is 18.5 Å². The van der Waals surface area contributed by atoms with Crippen LogP contribution in [0.3, 0.4) is 0 Å². The van der Waals surface area contributed by atoms with Gasteiger partial charge in [0.15, 0.2) is 0 Å². The van der Waals surface area contributed by atoms with Crippen LogP contribution >= 0.6 is 0 Å². The number of carbonyl (C=O) groups is 2. The van der Waals surface area contributed by atoms with Crippen LogP contribution in [0.5, 0.6) is 0 Å². The summed E-state index contributed by atoms with van der Waals surface area (Å²) in [6, 6.07) is 0.112. The van der Waals surface area contributed by atoms with Crippen molar-refractivity contribution in [3.63, 3.8) is 0 Å². The molecule has 0 saturated carbocycles. The molecule has 1 N–H and O–H groups in total. The molecular weight excluding hydrogens is 339 g/mol. The second-order valence-electron chi connectivity index (χ2n) is 6.15. The van der Waals surface area contributed by atoms with E-state index in [1.807, 2.05) is 0 Å². The van der Waals surface area contributed by atoms with Gasteiger partial charge < -0.3 is 15.0 Å². The molecule has 1 unspecified atom stereocenters. The van der Waals surface area contributed by atoms with E-state index in [9.17, 15) is 22.8 Å². The molecule has 136 valence electrons. The summed E-state index contributed by atoms with van der Waals surface area (Å²) in [5.74, 6) is -0.925. The first-order valence-electron chi connectivity index (χ1n) is 8.07. The van der Waals surface area contributed by atoms with Gasteiger partial charge in [0.1, 0.15) is 6.04 Å². The summed E-state index contributed by atoms with van der Waals surface area (Å²) in [7, 11) is 0. The highest BCUT2D eigenvalue weighted by molar-refractivity contribution is 5.98. The van der Waals surface area contributed by atoms with Gasteiger partial charge in [0.05, 0.1) is 11.1 Å². The Morgan fingerprint density at radius 1 is 1.24 bits per heavy atom. The van der Waals surface area contributed by atoms with E-state index in [1.54, 1.807) is 4.90 Å². The third kappa shape index (κ3) is 3.92. The first-order valence-corrected chi connectivity index (χ1v) is 8.07. The second-order valence-corrected chi connectivity index (χ2v) is 6.15. The van der Waals surface area contributed by atoms with Crippen molar-refractivity contribution in [2.45, 2.75) is 37.5 Å². The fourth-order valence-corrected chi connectivity index (χ4v) is 3.16. The summed E-state index contributed by atoms with van der Waals surface area (Å²) in [5.41, 5.74) is -1.21. The Morgan fingerprint density at radius 2 is 1.96 bits per heavy atom. The number of hydrogen-bond donors (Lipinski definition) is 1. The van der Waals surface area contributed by atoms with Gasteiger partial charge in [-0.25, -0.2) is 0 Å². The van der Waals surface area contributed by atoms with E-state index in [-0.39, 0.29) is 17.5 Å². The number of pyridine rings is 1. The molecular formula is C16H18F3N3O3. The maximum absolute atomic E-state index is 12.7. The molecule has 2 aliphatic heterocycles. The molecule has 2 aliphatic rings. The molecule has 1 aromatic rings. The molecule has 2 saturated heterocycles. The van der Waals surface area contributed by atoms with Crippen LogP contribution in [0.2, 0.25) is 0 Å². The zero-order chi connectivity index (χ0) is 18.0. The van der Waals surface area contributed by atoms with E-state index < -0.39 is 23.7 Å². The van der Waals surface area contributed by atoms with E-state index in [1.165, 1.54) is 0 Å². The fourth-order valence-electron chi connectivity index (χ4n) is 3.16. The number of hydrogen-bond acceptors (Lipinski definition) is 4. The number of nitrogens with zero attached hydrogens (tertiary/aromatic N) is 2. The standard InChI is InChI=1S/C16H18F3N3O3/c17-16(18,19)11-7-10(8-20-9-11)14(23)21-13-1-4-22(15(13)24)12-2-5-25-6-3-12/h7-9,12-13H,1-6H2,(H,21,23). The highest BCUT2D eigenvalue weighted by Crippen LogP contribution is 2.29. The lowest BCUT2D eigenvalue weighted by molar-refractivity contribution is -0.138. The third-order valence-corrected chi connectivity index (χ3v) is 4.50. The van der Waals surface area contributed by atoms with E-state index in [0.29, 0.717) is 32.4 Å². The molecule has 0 aromatic carbocycles. The van der Waals surface area contributed by atoms with Gasteiger partial charge >= 0.3 is 6.18 Å². The molecule has 0 aliphatic carbocycles. The normalized spacial score (nSPS) is 22.3. The largest absolute Gasteiger partial charge is 0.417 e. The molecule has 6 nitrogen and oxygen atoms in total. The lowest BCUT2D eigenvalue weighted by atomic mass is 10.1. The summed E-state index contributed by atoms with van der Waals surface area (Å²) in [6.45, 7) is 1.72. The van der Waals surface area contributed by atoms with Crippen LogP contribution in [-0.2, 0) is 15.7 Å². The highest BCUT2D eigenvalue weighted by Gasteiger charge is 2.37. The molecule has 0 bridgehead atoms. The summed E-state index contributed by atoms with van der Waals surface area (Å²) in [4.78, 5) is 29.9. The van der Waals surface area contributed by atoms with Crippen molar-refractivity contribution >= 4 is 11.8 Å². The molecule has 1 aromatic heterocycles. The maximum atomic E-state index is 12.7. The van der Waals surface area contributed by atoms with Crippen LogP contribution in [0, 0.1) is 0 Å². The van der Waals surface area contributed by atoms with Crippen molar-refractivity contribution in [1.82, 2.24) is 15.2 Å². The fraction of sp³-hybridized carbons (Fsp3) is 0.562. The van der Waals surface area contributed by atoms with Crippen LogP contribution in [0.25, 0.3) is 0 Å². The summed E-state index contributed by atoms with van der Waals surface area (Å²) in [6.07, 6.45) is -0.917. The molecule has 2 amide bonds. The Labute approximate surface area is 142 Å². The third-order valence-electron chi connectivity index (χ3n) is 4.50. The van der Waals surface area contributed by atoms with Crippen LogP contribution in [0.1, 0.15) is 35.2 Å². The van der Waals surface area contributed by atoms with Crippen molar-refractivity contribution in [1.29, 1.82) is 0 Å². The number of aromatic nitrogens is 1. The molecule has 2 fully saturated rings. The Balaban J connectivity index is 1.64. The zero-order valence-electron chi connectivity index (χ0n) is 13.4. The number of rotatable bonds is 3. The van der Waals surface area contributed by atoms with Gasteiger partial charge in [-0.1, -0.05) is 0 Å². The van der Waals surface area contributed by atoms with E-state index in [4.69, 9.17) is 4.74 Å². The molecule has 3 rings (SSSR count). The number of nitrogens with one attached hydrogen (secondary N) is 1. The van der Waals surface area contributed by atoms with Gasteiger partial charge in [-0.3, -0.25) is 14.6 Å². The van der Waals surface area contributed by atoms with E-state index >= 15 is 0 Å². The number of carbonyl (C=O) groups excluding carboxylic acids is 2. The lowest BCUT2D eigenvalue weighted by Gasteiger charge is -2.31. The number of halogens is 3. The molecule has 0 radical (unpaired) electrons. The lowest BCUT2D eigenvalue weighted by Crippen LogP contribution is -2.46. The van der Waals surface area contributed by atoms with Crippen LogP contribution in [-0.4, -0.2) is 53.5 Å². The molecule has 0 spiro atoms. The van der Waals surface area contributed by atoms with Crippen molar-refractivity contribution in [2.75, 3.05) is 19.8 Å². The van der Waals surface area contributed by atoms with Crippen molar-refractivity contribution in [2.24, 2.45) is 0 Å². The van der Waals surface area contributed by atoms with Crippen LogP contribution in [0.4, 0.5) is 13.2 Å². The number of ether oxygens (including phenoxy) is 1.